The van der Waals surface area contributed by atoms with Crippen molar-refractivity contribution in [1.29, 1.82) is 0 Å². The van der Waals surface area contributed by atoms with Crippen LogP contribution in [-0.4, -0.2) is 16.8 Å². The number of aryl methyl sites for hydroxylation is 2. The van der Waals surface area contributed by atoms with Gasteiger partial charge in [0.1, 0.15) is 5.82 Å². The number of carbonyl (C=O) groups is 2. The van der Waals surface area contributed by atoms with Crippen LogP contribution in [0.25, 0.3) is 0 Å². The minimum absolute atomic E-state index is 0.107. The maximum absolute atomic E-state index is 12.9. The molecule has 0 aliphatic carbocycles. The Morgan fingerprint density at radius 1 is 1.07 bits per heavy atom. The molecular formula is C20H18FN3O2S. The van der Waals surface area contributed by atoms with Gasteiger partial charge in [0.05, 0.1) is 12.1 Å². The van der Waals surface area contributed by atoms with E-state index in [0.717, 1.165) is 16.8 Å². The van der Waals surface area contributed by atoms with Crippen molar-refractivity contribution in [1.82, 2.24) is 4.98 Å². The first-order valence-corrected chi connectivity index (χ1v) is 9.17. The summed E-state index contributed by atoms with van der Waals surface area (Å²) in [7, 11) is 0. The Morgan fingerprint density at radius 3 is 2.56 bits per heavy atom. The minimum atomic E-state index is -0.405. The van der Waals surface area contributed by atoms with Crippen LogP contribution < -0.4 is 10.6 Å². The molecule has 0 unspecified atom stereocenters. The molecule has 0 aliphatic rings. The molecule has 0 radical (unpaired) electrons. The fourth-order valence-corrected chi connectivity index (χ4v) is 3.15. The van der Waals surface area contributed by atoms with E-state index in [-0.39, 0.29) is 18.2 Å². The highest BCUT2D eigenvalue weighted by Gasteiger charge is 2.12. The Bertz CT molecular complexity index is 983. The average molecular weight is 383 g/mol. The van der Waals surface area contributed by atoms with Crippen LogP contribution in [0.2, 0.25) is 0 Å². The van der Waals surface area contributed by atoms with Gasteiger partial charge in [0.15, 0.2) is 5.13 Å². The van der Waals surface area contributed by atoms with Crippen molar-refractivity contribution in [3.63, 3.8) is 0 Å². The van der Waals surface area contributed by atoms with Crippen molar-refractivity contribution >= 4 is 34.0 Å². The van der Waals surface area contributed by atoms with Crippen LogP contribution in [0.3, 0.4) is 0 Å². The molecule has 0 saturated carbocycles. The molecule has 0 fully saturated rings. The third-order valence-corrected chi connectivity index (χ3v) is 4.69. The molecule has 2 N–H and O–H groups in total. The molecule has 138 valence electrons. The summed E-state index contributed by atoms with van der Waals surface area (Å²) in [5.41, 5.74) is 3.73. The Kier molecular flexibility index (Phi) is 5.61. The smallest absolute Gasteiger partial charge is 0.257 e. The second-order valence-corrected chi connectivity index (χ2v) is 7.01. The van der Waals surface area contributed by atoms with Gasteiger partial charge < -0.3 is 5.32 Å². The molecule has 0 bridgehead atoms. The number of hydrogen-bond acceptors (Lipinski definition) is 4. The second kappa shape index (κ2) is 8.09. The number of nitrogens with zero attached hydrogens (tertiary/aromatic N) is 1. The number of halogens is 1. The zero-order valence-electron chi connectivity index (χ0n) is 14.9. The number of anilines is 2. The van der Waals surface area contributed by atoms with Gasteiger partial charge in [-0.05, 0) is 55.3 Å². The Hall–Kier alpha value is -3.06. The van der Waals surface area contributed by atoms with E-state index in [1.54, 1.807) is 5.38 Å². The molecule has 0 saturated heterocycles. The first kappa shape index (κ1) is 18.7. The molecule has 2 amide bonds. The number of rotatable bonds is 5. The van der Waals surface area contributed by atoms with Crippen LogP contribution in [0, 0.1) is 19.7 Å². The summed E-state index contributed by atoms with van der Waals surface area (Å²) in [5.74, 6) is -0.959. The lowest BCUT2D eigenvalue weighted by molar-refractivity contribution is -0.115. The van der Waals surface area contributed by atoms with Crippen LogP contribution in [0.5, 0.6) is 0 Å². The normalized spacial score (nSPS) is 10.5. The molecule has 3 aromatic rings. The maximum atomic E-state index is 12.9. The highest BCUT2D eigenvalue weighted by molar-refractivity contribution is 7.14. The van der Waals surface area contributed by atoms with Gasteiger partial charge in [-0.25, -0.2) is 9.37 Å². The fourth-order valence-electron chi connectivity index (χ4n) is 2.45. The highest BCUT2D eigenvalue weighted by Crippen LogP contribution is 2.19. The molecule has 27 heavy (non-hydrogen) atoms. The van der Waals surface area contributed by atoms with Gasteiger partial charge in [-0.2, -0.15) is 0 Å². The zero-order valence-corrected chi connectivity index (χ0v) is 15.7. The number of benzene rings is 2. The zero-order chi connectivity index (χ0) is 19.4. The molecule has 0 spiro atoms. The van der Waals surface area contributed by atoms with Gasteiger partial charge in [0.2, 0.25) is 5.91 Å². The van der Waals surface area contributed by atoms with E-state index < -0.39 is 5.82 Å². The van der Waals surface area contributed by atoms with E-state index in [0.29, 0.717) is 16.4 Å². The van der Waals surface area contributed by atoms with Crippen molar-refractivity contribution in [2.24, 2.45) is 0 Å². The van der Waals surface area contributed by atoms with Crippen LogP contribution in [0.4, 0.5) is 15.2 Å². The summed E-state index contributed by atoms with van der Waals surface area (Å²) in [6, 6.07) is 11.1. The molecule has 0 aliphatic heterocycles. The first-order chi connectivity index (χ1) is 12.9. The molecule has 2 aromatic carbocycles. The predicted octanol–water partition coefficient (Wildman–Crippen LogP) is 4.33. The Morgan fingerprint density at radius 2 is 1.81 bits per heavy atom. The van der Waals surface area contributed by atoms with Crippen molar-refractivity contribution in [3.8, 4) is 0 Å². The first-order valence-electron chi connectivity index (χ1n) is 8.29. The number of hydrogen-bond donors (Lipinski definition) is 2. The second-order valence-electron chi connectivity index (χ2n) is 6.15. The molecule has 1 aromatic heterocycles. The lowest BCUT2D eigenvalue weighted by atomic mass is 10.1. The molecular weight excluding hydrogens is 365 g/mol. The summed E-state index contributed by atoms with van der Waals surface area (Å²) in [6.45, 7) is 3.90. The Labute approximate surface area is 160 Å². The lowest BCUT2D eigenvalue weighted by Gasteiger charge is -2.08. The third-order valence-electron chi connectivity index (χ3n) is 3.89. The van der Waals surface area contributed by atoms with Crippen molar-refractivity contribution in [3.05, 3.63) is 76.0 Å². The number of nitrogens with one attached hydrogen (secondary N) is 2. The highest BCUT2D eigenvalue weighted by atomic mass is 32.1. The van der Waals surface area contributed by atoms with Gasteiger partial charge in [0.25, 0.3) is 5.91 Å². The summed E-state index contributed by atoms with van der Waals surface area (Å²) < 4.78 is 12.9. The summed E-state index contributed by atoms with van der Waals surface area (Å²) in [5, 5.41) is 7.65. The largest absolute Gasteiger partial charge is 0.325 e. The monoisotopic (exact) mass is 383 g/mol. The van der Waals surface area contributed by atoms with Gasteiger partial charge in [0, 0.05) is 16.6 Å². The summed E-state index contributed by atoms with van der Waals surface area (Å²) in [6.07, 6.45) is 0.107. The van der Waals surface area contributed by atoms with Gasteiger partial charge in [-0.15, -0.1) is 11.3 Å². The van der Waals surface area contributed by atoms with Crippen LogP contribution in [-0.2, 0) is 11.2 Å². The quantitative estimate of drug-likeness (QED) is 0.689. The van der Waals surface area contributed by atoms with E-state index in [1.807, 2.05) is 32.0 Å². The topological polar surface area (TPSA) is 71.1 Å². The SMILES string of the molecule is Cc1ccc(C)c(NC(=O)Cc2csc(NC(=O)c3ccc(F)cc3)n2)c1. The molecule has 7 heteroatoms. The van der Waals surface area contributed by atoms with Crippen LogP contribution in [0.15, 0.2) is 47.8 Å². The standard InChI is InChI=1S/C20H18FN3O2S/c1-12-3-4-13(2)17(9-12)23-18(25)10-16-11-27-20(22-16)24-19(26)14-5-7-15(21)8-6-14/h3-9,11H,10H2,1-2H3,(H,23,25)(H,22,24,26). The minimum Gasteiger partial charge on any atom is -0.325 e. The Balaban J connectivity index is 1.60. The van der Waals surface area contributed by atoms with E-state index >= 15 is 0 Å². The van der Waals surface area contributed by atoms with Crippen LogP contribution >= 0.6 is 11.3 Å². The molecule has 1 heterocycles. The summed E-state index contributed by atoms with van der Waals surface area (Å²) in [4.78, 5) is 28.6. The van der Waals surface area contributed by atoms with Crippen molar-refractivity contribution < 1.29 is 14.0 Å². The number of amides is 2. The number of carbonyl (C=O) groups excluding carboxylic acids is 2. The van der Waals surface area contributed by atoms with Crippen molar-refractivity contribution in [2.75, 3.05) is 10.6 Å². The average Bonchev–Trinajstić information content (AvgIpc) is 3.05. The lowest BCUT2D eigenvalue weighted by Crippen LogP contribution is -2.16. The maximum Gasteiger partial charge on any atom is 0.257 e. The predicted molar refractivity (Wildman–Crippen MR) is 105 cm³/mol. The van der Waals surface area contributed by atoms with E-state index in [1.165, 1.54) is 35.6 Å². The third kappa shape index (κ3) is 4.98. The molecule has 3 rings (SSSR count). The van der Waals surface area contributed by atoms with E-state index in [2.05, 4.69) is 15.6 Å². The van der Waals surface area contributed by atoms with Gasteiger partial charge in [-0.3, -0.25) is 14.9 Å². The number of thiazole rings is 1. The van der Waals surface area contributed by atoms with Crippen molar-refractivity contribution in [2.45, 2.75) is 20.3 Å². The summed E-state index contributed by atoms with van der Waals surface area (Å²) >= 11 is 1.23. The van der Waals surface area contributed by atoms with Gasteiger partial charge in [-0.1, -0.05) is 12.1 Å². The van der Waals surface area contributed by atoms with E-state index in [9.17, 15) is 14.0 Å². The van der Waals surface area contributed by atoms with Gasteiger partial charge >= 0.3 is 0 Å². The van der Waals surface area contributed by atoms with Crippen LogP contribution in [0.1, 0.15) is 27.2 Å². The molecule has 0 atom stereocenters. The number of aromatic nitrogens is 1. The van der Waals surface area contributed by atoms with E-state index in [4.69, 9.17) is 0 Å². The molecule has 5 nitrogen and oxygen atoms in total. The fraction of sp³-hybridized carbons (Fsp3) is 0.150.